The average Bonchev–Trinajstić information content (AvgIpc) is 2.53. The first-order valence-electron chi connectivity index (χ1n) is 5.76. The molecule has 1 atom stereocenters. The monoisotopic (exact) mass is 248 g/mol. The van der Waals surface area contributed by atoms with Gasteiger partial charge in [0.15, 0.2) is 5.11 Å². The van der Waals surface area contributed by atoms with Crippen molar-refractivity contribution in [3.05, 3.63) is 35.4 Å². The molecule has 0 aromatic heterocycles. The number of benzene rings is 1. The molecule has 1 heterocycles. The third-order valence-corrected chi connectivity index (χ3v) is 3.43. The minimum absolute atomic E-state index is 0.0728. The van der Waals surface area contributed by atoms with Crippen molar-refractivity contribution >= 4 is 23.2 Å². The summed E-state index contributed by atoms with van der Waals surface area (Å²) in [6.45, 7) is 4.57. The Labute approximate surface area is 107 Å². The molecule has 1 aliphatic rings. The molecule has 17 heavy (non-hydrogen) atoms. The molecular weight excluding hydrogens is 232 g/mol. The number of amides is 1. The van der Waals surface area contributed by atoms with Crippen molar-refractivity contribution in [3.8, 4) is 0 Å². The lowest BCUT2D eigenvalue weighted by atomic mass is 10.1. The van der Waals surface area contributed by atoms with Crippen molar-refractivity contribution in [1.82, 2.24) is 10.2 Å². The van der Waals surface area contributed by atoms with E-state index in [1.165, 1.54) is 11.1 Å². The molecule has 0 aliphatic carbocycles. The fourth-order valence-corrected chi connectivity index (χ4v) is 2.35. The Morgan fingerprint density at radius 1 is 1.41 bits per heavy atom. The highest BCUT2D eigenvalue weighted by atomic mass is 32.1. The van der Waals surface area contributed by atoms with Crippen LogP contribution in [0.1, 0.15) is 18.1 Å². The second-order valence-corrected chi connectivity index (χ2v) is 4.72. The van der Waals surface area contributed by atoms with Gasteiger partial charge in [0, 0.05) is 6.54 Å². The minimum Gasteiger partial charge on any atom is -0.351 e. The number of thiocarbonyl (C=S) groups is 1. The van der Waals surface area contributed by atoms with E-state index in [9.17, 15) is 4.79 Å². The van der Waals surface area contributed by atoms with Crippen LogP contribution < -0.4 is 5.32 Å². The number of carbonyl (C=O) groups excluding carboxylic acids is 1. The molecule has 0 unspecified atom stereocenters. The molecule has 90 valence electrons. The van der Waals surface area contributed by atoms with E-state index in [0.717, 1.165) is 6.42 Å². The summed E-state index contributed by atoms with van der Waals surface area (Å²) >= 11 is 5.14. The third-order valence-electron chi connectivity index (χ3n) is 3.09. The van der Waals surface area contributed by atoms with Crippen LogP contribution >= 0.6 is 12.2 Å². The van der Waals surface area contributed by atoms with Crippen LogP contribution in [0.2, 0.25) is 0 Å². The van der Waals surface area contributed by atoms with Crippen molar-refractivity contribution in [2.24, 2.45) is 0 Å². The molecule has 3 nitrogen and oxygen atoms in total. The summed E-state index contributed by atoms with van der Waals surface area (Å²) in [5, 5.41) is 3.53. The lowest BCUT2D eigenvalue weighted by molar-refractivity contribution is -0.126. The molecular formula is C13H16N2OS. The van der Waals surface area contributed by atoms with Gasteiger partial charge in [0.25, 0.3) is 5.91 Å². The third kappa shape index (κ3) is 2.47. The van der Waals surface area contributed by atoms with Crippen LogP contribution in [0.5, 0.6) is 0 Å². The van der Waals surface area contributed by atoms with Gasteiger partial charge in [-0.3, -0.25) is 9.69 Å². The smallest absolute Gasteiger partial charge is 0.251 e. The Balaban J connectivity index is 2.02. The summed E-state index contributed by atoms with van der Waals surface area (Å²) in [5.74, 6) is 0.0728. The zero-order valence-electron chi connectivity index (χ0n) is 10.1. The van der Waals surface area contributed by atoms with Gasteiger partial charge in [0.1, 0.15) is 6.04 Å². The maximum absolute atomic E-state index is 11.8. The number of aryl methyl sites for hydroxylation is 1. The van der Waals surface area contributed by atoms with Crippen LogP contribution in [-0.4, -0.2) is 28.5 Å². The van der Waals surface area contributed by atoms with Gasteiger partial charge >= 0.3 is 0 Å². The van der Waals surface area contributed by atoms with Gasteiger partial charge in [-0.15, -0.1) is 0 Å². The summed E-state index contributed by atoms with van der Waals surface area (Å²) in [7, 11) is 0. The molecule has 0 spiro atoms. The van der Waals surface area contributed by atoms with Gasteiger partial charge in [-0.25, -0.2) is 0 Å². The van der Waals surface area contributed by atoms with Gasteiger partial charge in [0.05, 0.1) is 0 Å². The van der Waals surface area contributed by atoms with Gasteiger partial charge in [-0.2, -0.15) is 0 Å². The first kappa shape index (κ1) is 12.0. The predicted molar refractivity (Wildman–Crippen MR) is 71.8 cm³/mol. The molecule has 0 radical (unpaired) electrons. The molecule has 1 aromatic carbocycles. The molecule has 0 bridgehead atoms. The topological polar surface area (TPSA) is 32.3 Å². The average molecular weight is 248 g/mol. The van der Waals surface area contributed by atoms with Crippen molar-refractivity contribution in [2.75, 3.05) is 6.54 Å². The second-order valence-electron chi connectivity index (χ2n) is 4.34. The van der Waals surface area contributed by atoms with E-state index in [2.05, 4.69) is 24.4 Å². The summed E-state index contributed by atoms with van der Waals surface area (Å²) in [6, 6.07) is 8.04. The van der Waals surface area contributed by atoms with Crippen LogP contribution in [0.15, 0.2) is 24.3 Å². The van der Waals surface area contributed by atoms with E-state index < -0.39 is 0 Å². The number of rotatable bonds is 3. The second kappa shape index (κ2) is 4.84. The highest BCUT2D eigenvalue weighted by Crippen LogP contribution is 2.11. The van der Waals surface area contributed by atoms with Gasteiger partial charge in [0.2, 0.25) is 0 Å². The lowest BCUT2D eigenvalue weighted by Gasteiger charge is -2.15. The number of nitrogens with zero attached hydrogens (tertiary/aromatic N) is 1. The quantitative estimate of drug-likeness (QED) is 0.825. The fourth-order valence-electron chi connectivity index (χ4n) is 1.99. The summed E-state index contributed by atoms with van der Waals surface area (Å²) in [6.07, 6.45) is 0.840. The van der Waals surface area contributed by atoms with Crippen LogP contribution in [0, 0.1) is 6.92 Å². The van der Waals surface area contributed by atoms with Gasteiger partial charge < -0.3 is 5.32 Å². The first-order chi connectivity index (χ1) is 8.09. The summed E-state index contributed by atoms with van der Waals surface area (Å²) < 4.78 is 0. The Morgan fingerprint density at radius 2 is 2.12 bits per heavy atom. The maximum atomic E-state index is 11.8. The molecule has 4 heteroatoms. The van der Waals surface area contributed by atoms with E-state index >= 15 is 0 Å². The number of carbonyl (C=O) groups is 1. The zero-order chi connectivity index (χ0) is 12.4. The minimum atomic E-state index is -0.181. The highest BCUT2D eigenvalue weighted by molar-refractivity contribution is 7.80. The molecule has 1 fully saturated rings. The molecule has 1 aliphatic heterocycles. The van der Waals surface area contributed by atoms with Crippen LogP contribution in [0.4, 0.5) is 0 Å². The van der Waals surface area contributed by atoms with E-state index in [1.54, 1.807) is 4.90 Å². The molecule has 1 amide bonds. The Kier molecular flexibility index (Phi) is 3.43. The van der Waals surface area contributed by atoms with E-state index in [1.807, 2.05) is 19.1 Å². The Bertz CT molecular complexity index is 458. The summed E-state index contributed by atoms with van der Waals surface area (Å²) in [4.78, 5) is 13.5. The molecule has 1 N–H and O–H groups in total. The van der Waals surface area contributed by atoms with Crippen LogP contribution in [0.3, 0.4) is 0 Å². The SMILES string of the molecule is Cc1ccccc1CCN1C(=O)[C@@H](C)NC1=S. The van der Waals surface area contributed by atoms with Crippen molar-refractivity contribution < 1.29 is 4.79 Å². The number of hydrogen-bond donors (Lipinski definition) is 1. The fraction of sp³-hybridized carbons (Fsp3) is 0.385. The number of nitrogens with one attached hydrogen (secondary N) is 1. The van der Waals surface area contributed by atoms with Gasteiger partial charge in [-0.05, 0) is 43.6 Å². The van der Waals surface area contributed by atoms with Crippen molar-refractivity contribution in [3.63, 3.8) is 0 Å². The summed E-state index contributed by atoms with van der Waals surface area (Å²) in [5.41, 5.74) is 2.52. The first-order valence-corrected chi connectivity index (χ1v) is 6.17. The highest BCUT2D eigenvalue weighted by Gasteiger charge is 2.31. The predicted octanol–water partition coefficient (Wildman–Crippen LogP) is 1.64. The van der Waals surface area contributed by atoms with Crippen molar-refractivity contribution in [1.29, 1.82) is 0 Å². The zero-order valence-corrected chi connectivity index (χ0v) is 10.9. The molecule has 2 rings (SSSR count). The number of hydrogen-bond acceptors (Lipinski definition) is 2. The van der Waals surface area contributed by atoms with E-state index in [0.29, 0.717) is 11.7 Å². The van der Waals surface area contributed by atoms with E-state index in [-0.39, 0.29) is 11.9 Å². The Hall–Kier alpha value is -1.42. The standard InChI is InChI=1S/C13H16N2OS/c1-9-5-3-4-6-11(9)7-8-15-12(16)10(2)14-13(15)17/h3-6,10H,7-8H2,1-2H3,(H,14,17)/t10-/m1/s1. The van der Waals surface area contributed by atoms with Crippen molar-refractivity contribution in [2.45, 2.75) is 26.3 Å². The molecule has 1 aromatic rings. The van der Waals surface area contributed by atoms with Crippen LogP contribution in [0.25, 0.3) is 0 Å². The van der Waals surface area contributed by atoms with Gasteiger partial charge in [-0.1, -0.05) is 24.3 Å². The maximum Gasteiger partial charge on any atom is 0.251 e. The molecule has 1 saturated heterocycles. The molecule has 0 saturated carbocycles. The van der Waals surface area contributed by atoms with E-state index in [4.69, 9.17) is 12.2 Å². The normalized spacial score (nSPS) is 19.6. The lowest BCUT2D eigenvalue weighted by Crippen LogP contribution is -2.33. The Morgan fingerprint density at radius 3 is 2.71 bits per heavy atom. The van der Waals surface area contributed by atoms with Crippen LogP contribution in [-0.2, 0) is 11.2 Å². The largest absolute Gasteiger partial charge is 0.351 e.